The van der Waals surface area contributed by atoms with Crippen molar-refractivity contribution in [1.82, 2.24) is 0 Å². The summed E-state index contributed by atoms with van der Waals surface area (Å²) in [6, 6.07) is 11.2. The van der Waals surface area contributed by atoms with E-state index in [0.717, 1.165) is 25.4 Å². The van der Waals surface area contributed by atoms with Gasteiger partial charge in [0.2, 0.25) is 0 Å². The average Bonchev–Trinajstić information content (AvgIpc) is 2.72. The van der Waals surface area contributed by atoms with Crippen LogP contribution in [0.25, 0.3) is 0 Å². The summed E-state index contributed by atoms with van der Waals surface area (Å²) in [5.41, 5.74) is 1.22. The lowest BCUT2D eigenvalue weighted by Gasteiger charge is -2.24. The third kappa shape index (κ3) is 11.4. The minimum Gasteiger partial charge on any atom is -0.377 e. The van der Waals surface area contributed by atoms with E-state index in [4.69, 9.17) is 13.3 Å². The quantitative estimate of drug-likeness (QED) is 0.184. The first-order valence-corrected chi connectivity index (χ1v) is 12.2. The minimum atomic E-state index is -2.35. The molecule has 154 valence electrons. The van der Waals surface area contributed by atoms with Crippen LogP contribution < -0.4 is 0 Å². The van der Waals surface area contributed by atoms with E-state index in [0.29, 0.717) is 6.54 Å². The van der Waals surface area contributed by atoms with Crippen LogP contribution in [0.15, 0.2) is 40.6 Å². The van der Waals surface area contributed by atoms with E-state index in [1.54, 1.807) is 21.3 Å². The fraction of sp³-hybridized carbons (Fsp3) is 0.714. The van der Waals surface area contributed by atoms with Crippen molar-refractivity contribution >= 4 is 8.80 Å². The molecule has 0 fully saturated rings. The maximum absolute atomic E-state index is 5.45. The average molecular weight is 395 g/mol. The molecule has 0 N–H and O–H groups in total. The monoisotopic (exact) mass is 394 g/mol. The van der Waals surface area contributed by atoms with Crippen LogP contribution in [-0.2, 0) is 19.8 Å². The molecular formula is C21H38N2O3Si. The van der Waals surface area contributed by atoms with Gasteiger partial charge in [-0.25, -0.2) is 0 Å². The van der Waals surface area contributed by atoms with Crippen molar-refractivity contribution in [2.45, 2.75) is 70.4 Å². The number of hydrogen-bond donors (Lipinski definition) is 0. The van der Waals surface area contributed by atoms with Crippen molar-refractivity contribution in [3.05, 3.63) is 35.9 Å². The van der Waals surface area contributed by atoms with Gasteiger partial charge in [-0.3, -0.25) is 0 Å². The number of hydrogen-bond acceptors (Lipinski definition) is 5. The van der Waals surface area contributed by atoms with Crippen LogP contribution in [0, 0.1) is 0 Å². The Balaban J connectivity index is 1.86. The van der Waals surface area contributed by atoms with Crippen molar-refractivity contribution in [1.29, 1.82) is 0 Å². The zero-order valence-electron chi connectivity index (χ0n) is 17.5. The summed E-state index contributed by atoms with van der Waals surface area (Å²) < 4.78 is 16.3. The van der Waals surface area contributed by atoms with Gasteiger partial charge in [-0.2, -0.15) is 10.2 Å². The van der Waals surface area contributed by atoms with E-state index >= 15 is 0 Å². The van der Waals surface area contributed by atoms with Gasteiger partial charge >= 0.3 is 8.80 Å². The van der Waals surface area contributed by atoms with Crippen LogP contribution in [0.4, 0.5) is 0 Å². The highest BCUT2D eigenvalue weighted by Gasteiger charge is 2.36. The normalized spacial score (nSPS) is 12.1. The molecule has 0 aliphatic heterocycles. The molecule has 6 heteroatoms. The van der Waals surface area contributed by atoms with Gasteiger partial charge in [0, 0.05) is 27.4 Å². The lowest BCUT2D eigenvalue weighted by molar-refractivity contribution is 0.122. The smallest absolute Gasteiger partial charge is 0.377 e. The van der Waals surface area contributed by atoms with E-state index in [1.807, 2.05) is 18.2 Å². The number of nitrogens with zero attached hydrogens (tertiary/aromatic N) is 2. The van der Waals surface area contributed by atoms with Crippen LogP contribution in [-0.4, -0.2) is 36.7 Å². The van der Waals surface area contributed by atoms with E-state index in [-0.39, 0.29) is 0 Å². The van der Waals surface area contributed by atoms with E-state index < -0.39 is 8.80 Å². The Morgan fingerprint density at radius 1 is 0.667 bits per heavy atom. The second-order valence-electron chi connectivity index (χ2n) is 6.88. The van der Waals surface area contributed by atoms with Crippen LogP contribution in [0.5, 0.6) is 0 Å². The van der Waals surface area contributed by atoms with Crippen LogP contribution in [0.3, 0.4) is 0 Å². The van der Waals surface area contributed by atoms with Gasteiger partial charge in [-0.15, -0.1) is 0 Å². The Bertz CT molecular complexity index is 473. The summed E-state index contributed by atoms with van der Waals surface area (Å²) in [5, 5.41) is 8.53. The lowest BCUT2D eigenvalue weighted by Crippen LogP contribution is -2.42. The summed E-state index contributed by atoms with van der Waals surface area (Å²) in [7, 11) is 2.70. The Morgan fingerprint density at radius 2 is 1.19 bits per heavy atom. The highest BCUT2D eigenvalue weighted by Crippen LogP contribution is 2.18. The van der Waals surface area contributed by atoms with Crippen molar-refractivity contribution in [3.63, 3.8) is 0 Å². The molecule has 0 amide bonds. The summed E-state index contributed by atoms with van der Waals surface area (Å²) in [6.07, 6.45) is 11.3. The highest BCUT2D eigenvalue weighted by molar-refractivity contribution is 6.60. The maximum atomic E-state index is 5.45. The Kier molecular flexibility index (Phi) is 14.1. The highest BCUT2D eigenvalue weighted by atomic mass is 28.4. The molecule has 0 aromatic heterocycles. The first kappa shape index (κ1) is 24.0. The molecule has 1 aromatic rings. The molecule has 1 rings (SSSR count). The van der Waals surface area contributed by atoms with Gasteiger partial charge < -0.3 is 13.3 Å². The number of rotatable bonds is 17. The van der Waals surface area contributed by atoms with E-state index in [9.17, 15) is 0 Å². The fourth-order valence-corrected chi connectivity index (χ4v) is 4.90. The van der Waals surface area contributed by atoms with Crippen molar-refractivity contribution in [2.75, 3.05) is 27.9 Å². The molecule has 0 radical (unpaired) electrons. The summed E-state index contributed by atoms with van der Waals surface area (Å²) in [4.78, 5) is 0. The molecule has 27 heavy (non-hydrogen) atoms. The lowest BCUT2D eigenvalue weighted by atomic mass is 10.1. The molecule has 0 aliphatic carbocycles. The standard InChI is InChI=1S/C21H38N2O3Si/c1-24-27(25-2,26-3)19-15-10-8-6-4-5-7-9-14-18-22-23-20-21-16-12-11-13-17-21/h11-13,16-17H,4-10,14-15,18-20H2,1-3H3. The topological polar surface area (TPSA) is 52.4 Å². The Hall–Kier alpha value is -1.08. The molecule has 0 heterocycles. The predicted octanol–water partition coefficient (Wildman–Crippen LogP) is 6.03. The molecule has 0 aliphatic rings. The third-order valence-corrected chi connectivity index (χ3v) is 7.70. The first-order chi connectivity index (χ1) is 13.3. The van der Waals surface area contributed by atoms with Gasteiger partial charge in [-0.1, -0.05) is 75.3 Å². The maximum Gasteiger partial charge on any atom is 0.500 e. The molecule has 0 atom stereocenters. The van der Waals surface area contributed by atoms with E-state index in [1.165, 1.54) is 50.5 Å². The molecule has 0 bridgehead atoms. The van der Waals surface area contributed by atoms with Crippen LogP contribution >= 0.6 is 0 Å². The van der Waals surface area contributed by atoms with Gasteiger partial charge in [0.1, 0.15) is 0 Å². The second-order valence-corrected chi connectivity index (χ2v) is 9.97. The molecule has 5 nitrogen and oxygen atoms in total. The second kappa shape index (κ2) is 15.9. The Labute approximate surface area is 166 Å². The van der Waals surface area contributed by atoms with E-state index in [2.05, 4.69) is 22.4 Å². The predicted molar refractivity (Wildman–Crippen MR) is 113 cm³/mol. The van der Waals surface area contributed by atoms with Crippen molar-refractivity contribution in [3.8, 4) is 0 Å². The SMILES string of the molecule is CO[Si](CCCCCCCCCCCN=NCc1ccccc1)(OC)OC. The zero-order chi connectivity index (χ0) is 19.6. The largest absolute Gasteiger partial charge is 0.500 e. The molecule has 0 saturated heterocycles. The zero-order valence-corrected chi connectivity index (χ0v) is 18.5. The summed E-state index contributed by atoms with van der Waals surface area (Å²) in [5.74, 6) is 0. The number of azo groups is 1. The van der Waals surface area contributed by atoms with Gasteiger partial charge in [0.15, 0.2) is 0 Å². The van der Waals surface area contributed by atoms with Gasteiger partial charge in [-0.05, 0) is 18.4 Å². The summed E-state index contributed by atoms with van der Waals surface area (Å²) in [6.45, 7) is 1.56. The summed E-state index contributed by atoms with van der Waals surface area (Å²) >= 11 is 0. The first-order valence-electron chi connectivity index (χ1n) is 10.3. The molecule has 0 spiro atoms. The molecule has 0 saturated carbocycles. The number of unbranched alkanes of at least 4 members (excludes halogenated alkanes) is 8. The van der Waals surface area contributed by atoms with Crippen molar-refractivity contribution < 1.29 is 13.3 Å². The molecule has 0 unspecified atom stereocenters. The van der Waals surface area contributed by atoms with Crippen LogP contribution in [0.2, 0.25) is 6.04 Å². The molecular weight excluding hydrogens is 356 g/mol. The Morgan fingerprint density at radius 3 is 1.74 bits per heavy atom. The number of benzene rings is 1. The molecule has 1 aromatic carbocycles. The third-order valence-electron chi connectivity index (χ3n) is 4.87. The van der Waals surface area contributed by atoms with Gasteiger partial charge in [0.05, 0.1) is 13.1 Å². The fourth-order valence-electron chi connectivity index (χ4n) is 3.10. The minimum absolute atomic E-state index is 0.698. The van der Waals surface area contributed by atoms with Gasteiger partial charge in [0.25, 0.3) is 0 Å². The van der Waals surface area contributed by atoms with Crippen molar-refractivity contribution in [2.24, 2.45) is 10.2 Å². The van der Waals surface area contributed by atoms with Crippen LogP contribution in [0.1, 0.15) is 63.4 Å².